The SMILES string of the molecule is Cl.N[C@@H]1[C@H]2Cc3cc(Br)ccc3[C@@H]12. The van der Waals surface area contributed by atoms with Crippen molar-refractivity contribution in [2.24, 2.45) is 11.7 Å². The molecule has 3 heteroatoms. The van der Waals surface area contributed by atoms with Gasteiger partial charge in [-0.05, 0) is 35.6 Å². The van der Waals surface area contributed by atoms with Crippen molar-refractivity contribution in [3.63, 3.8) is 0 Å². The number of halogens is 2. The largest absolute Gasteiger partial charge is 0.327 e. The van der Waals surface area contributed by atoms with Gasteiger partial charge in [0.2, 0.25) is 0 Å². The fourth-order valence-corrected chi connectivity index (χ4v) is 2.84. The molecule has 13 heavy (non-hydrogen) atoms. The summed E-state index contributed by atoms with van der Waals surface area (Å²) >= 11 is 3.48. The van der Waals surface area contributed by atoms with Gasteiger partial charge in [0.25, 0.3) is 0 Å². The van der Waals surface area contributed by atoms with Gasteiger partial charge in [0, 0.05) is 16.4 Å². The highest BCUT2D eigenvalue weighted by atomic mass is 79.9. The van der Waals surface area contributed by atoms with Gasteiger partial charge in [0.15, 0.2) is 0 Å². The summed E-state index contributed by atoms with van der Waals surface area (Å²) in [5.41, 5.74) is 8.91. The molecule has 1 nitrogen and oxygen atoms in total. The van der Waals surface area contributed by atoms with Crippen LogP contribution >= 0.6 is 28.3 Å². The second-order valence-electron chi connectivity index (χ2n) is 3.81. The summed E-state index contributed by atoms with van der Waals surface area (Å²) in [6.07, 6.45) is 1.20. The molecule has 3 atom stereocenters. The monoisotopic (exact) mass is 259 g/mol. The van der Waals surface area contributed by atoms with Crippen molar-refractivity contribution in [1.29, 1.82) is 0 Å². The van der Waals surface area contributed by atoms with E-state index in [1.54, 1.807) is 0 Å². The Bertz CT molecular complexity index is 353. The van der Waals surface area contributed by atoms with Crippen LogP contribution in [-0.4, -0.2) is 6.04 Å². The lowest BCUT2D eigenvalue weighted by Gasteiger charge is -2.04. The van der Waals surface area contributed by atoms with Gasteiger partial charge in [0.1, 0.15) is 0 Å². The van der Waals surface area contributed by atoms with Crippen molar-refractivity contribution in [2.75, 3.05) is 0 Å². The number of hydrogen-bond acceptors (Lipinski definition) is 1. The molecule has 0 spiro atoms. The molecular weight excluding hydrogens is 249 g/mol. The van der Waals surface area contributed by atoms with E-state index in [0.29, 0.717) is 12.0 Å². The third kappa shape index (κ3) is 1.24. The fraction of sp³-hybridized carbons (Fsp3) is 0.400. The lowest BCUT2D eigenvalue weighted by Crippen LogP contribution is -2.08. The van der Waals surface area contributed by atoms with E-state index < -0.39 is 0 Å². The fourth-order valence-electron chi connectivity index (χ4n) is 2.43. The van der Waals surface area contributed by atoms with Crippen molar-refractivity contribution in [1.82, 2.24) is 0 Å². The molecule has 1 fully saturated rings. The molecule has 70 valence electrons. The summed E-state index contributed by atoms with van der Waals surface area (Å²) in [5, 5.41) is 0. The van der Waals surface area contributed by atoms with Crippen LogP contribution in [0, 0.1) is 5.92 Å². The topological polar surface area (TPSA) is 26.0 Å². The van der Waals surface area contributed by atoms with Crippen molar-refractivity contribution >= 4 is 28.3 Å². The minimum atomic E-state index is 0. The van der Waals surface area contributed by atoms with Crippen LogP contribution in [0.5, 0.6) is 0 Å². The molecule has 1 saturated carbocycles. The zero-order chi connectivity index (χ0) is 8.29. The molecule has 0 radical (unpaired) electrons. The minimum Gasteiger partial charge on any atom is -0.327 e. The first-order valence-corrected chi connectivity index (χ1v) is 5.10. The predicted octanol–water partition coefficient (Wildman–Crippen LogP) is 2.47. The lowest BCUT2D eigenvalue weighted by molar-refractivity contribution is 0.801. The van der Waals surface area contributed by atoms with Crippen LogP contribution in [0.3, 0.4) is 0 Å². The van der Waals surface area contributed by atoms with Gasteiger partial charge in [-0.15, -0.1) is 12.4 Å². The maximum absolute atomic E-state index is 5.91. The third-order valence-corrected chi connectivity index (χ3v) is 3.64. The van der Waals surface area contributed by atoms with Crippen LogP contribution in [0.25, 0.3) is 0 Å². The average molecular weight is 261 g/mol. The predicted molar refractivity (Wildman–Crippen MR) is 59.3 cm³/mol. The van der Waals surface area contributed by atoms with Gasteiger partial charge >= 0.3 is 0 Å². The average Bonchev–Trinajstić information content (AvgIpc) is 2.57. The third-order valence-electron chi connectivity index (χ3n) is 3.15. The van der Waals surface area contributed by atoms with Crippen LogP contribution in [0.4, 0.5) is 0 Å². The van der Waals surface area contributed by atoms with Crippen molar-refractivity contribution in [3.8, 4) is 0 Å². The highest BCUT2D eigenvalue weighted by molar-refractivity contribution is 9.10. The van der Waals surface area contributed by atoms with Crippen molar-refractivity contribution < 1.29 is 0 Å². The Hall–Kier alpha value is -0.0500. The summed E-state index contributed by atoms with van der Waals surface area (Å²) < 4.78 is 1.19. The van der Waals surface area contributed by atoms with Crippen LogP contribution in [0.1, 0.15) is 17.0 Å². The summed E-state index contributed by atoms with van der Waals surface area (Å²) in [5.74, 6) is 1.45. The van der Waals surface area contributed by atoms with E-state index in [1.165, 1.54) is 22.0 Å². The Labute approximate surface area is 92.2 Å². The molecule has 0 amide bonds. The molecule has 2 N–H and O–H groups in total. The molecule has 2 aliphatic carbocycles. The molecule has 0 aromatic heterocycles. The van der Waals surface area contributed by atoms with Gasteiger partial charge in [-0.1, -0.05) is 22.0 Å². The van der Waals surface area contributed by atoms with E-state index in [4.69, 9.17) is 5.73 Å². The Morgan fingerprint density at radius 2 is 2.15 bits per heavy atom. The van der Waals surface area contributed by atoms with Gasteiger partial charge in [0.05, 0.1) is 0 Å². The second kappa shape index (κ2) is 2.97. The minimum absolute atomic E-state index is 0. The number of hydrogen-bond donors (Lipinski definition) is 1. The molecule has 0 saturated heterocycles. The van der Waals surface area contributed by atoms with Crippen LogP contribution in [0.15, 0.2) is 22.7 Å². The first kappa shape index (κ1) is 9.50. The summed E-state index contributed by atoms with van der Waals surface area (Å²) in [6, 6.07) is 7.02. The van der Waals surface area contributed by atoms with Gasteiger partial charge < -0.3 is 5.73 Å². The molecule has 3 rings (SSSR count). The smallest absolute Gasteiger partial charge is 0.0178 e. The molecule has 2 aliphatic rings. The number of benzene rings is 1. The van der Waals surface area contributed by atoms with E-state index >= 15 is 0 Å². The van der Waals surface area contributed by atoms with Crippen molar-refractivity contribution in [2.45, 2.75) is 18.4 Å². The Kier molecular flexibility index (Phi) is 2.17. The zero-order valence-electron chi connectivity index (χ0n) is 7.03. The summed E-state index contributed by atoms with van der Waals surface area (Å²) in [6.45, 7) is 0. The molecule has 0 unspecified atom stereocenters. The van der Waals surface area contributed by atoms with Gasteiger partial charge in [-0.2, -0.15) is 0 Å². The number of nitrogens with two attached hydrogens (primary N) is 1. The van der Waals surface area contributed by atoms with E-state index in [9.17, 15) is 0 Å². The van der Waals surface area contributed by atoms with Gasteiger partial charge in [-0.25, -0.2) is 0 Å². The van der Waals surface area contributed by atoms with E-state index in [-0.39, 0.29) is 12.4 Å². The highest BCUT2D eigenvalue weighted by Gasteiger charge is 2.53. The zero-order valence-corrected chi connectivity index (χ0v) is 9.44. The Morgan fingerprint density at radius 3 is 2.92 bits per heavy atom. The highest BCUT2D eigenvalue weighted by Crippen LogP contribution is 2.55. The molecule has 0 aliphatic heterocycles. The second-order valence-corrected chi connectivity index (χ2v) is 4.73. The Balaban J connectivity index is 0.000000653. The molecule has 1 aromatic rings. The van der Waals surface area contributed by atoms with Crippen LogP contribution in [-0.2, 0) is 6.42 Å². The quantitative estimate of drug-likeness (QED) is 0.762. The summed E-state index contributed by atoms with van der Waals surface area (Å²) in [4.78, 5) is 0. The normalized spacial score (nSPS) is 33.2. The van der Waals surface area contributed by atoms with E-state index in [0.717, 1.165) is 5.92 Å². The molecular formula is C10H11BrClN. The number of rotatable bonds is 0. The lowest BCUT2D eigenvalue weighted by atomic mass is 10.1. The first-order valence-electron chi connectivity index (χ1n) is 4.31. The summed E-state index contributed by atoms with van der Waals surface area (Å²) in [7, 11) is 0. The first-order chi connectivity index (χ1) is 5.77. The van der Waals surface area contributed by atoms with Crippen LogP contribution in [0.2, 0.25) is 0 Å². The Morgan fingerprint density at radius 1 is 1.38 bits per heavy atom. The van der Waals surface area contributed by atoms with Crippen molar-refractivity contribution in [3.05, 3.63) is 33.8 Å². The van der Waals surface area contributed by atoms with E-state index in [2.05, 4.69) is 34.1 Å². The standard InChI is InChI=1S/C10H10BrN.ClH/c11-6-1-2-7-5(3-6)4-8-9(7)10(8)12;/h1-3,8-10H,4,12H2;1H/t8-,9+,10+;/m0./s1. The molecule has 0 heterocycles. The number of fused-ring (bicyclic) bond motifs is 3. The maximum atomic E-state index is 5.91. The van der Waals surface area contributed by atoms with Gasteiger partial charge in [-0.3, -0.25) is 0 Å². The van der Waals surface area contributed by atoms with Crippen LogP contribution < -0.4 is 5.73 Å². The molecule has 1 aromatic carbocycles. The van der Waals surface area contributed by atoms with E-state index in [1.807, 2.05) is 0 Å². The molecule has 0 bridgehead atoms. The maximum Gasteiger partial charge on any atom is 0.0178 e.